The molecule has 0 aliphatic carbocycles. The number of H-pyrrole nitrogens is 1. The van der Waals surface area contributed by atoms with Gasteiger partial charge in [-0.2, -0.15) is 26.3 Å². The maximum absolute atomic E-state index is 12.0. The van der Waals surface area contributed by atoms with Crippen LogP contribution >= 0.6 is 0 Å². The van der Waals surface area contributed by atoms with Crippen LogP contribution in [0.3, 0.4) is 0 Å². The van der Waals surface area contributed by atoms with Gasteiger partial charge in [-0.05, 0) is 44.5 Å². The van der Waals surface area contributed by atoms with Gasteiger partial charge in [0.25, 0.3) is 5.89 Å². The second kappa shape index (κ2) is 13.6. The van der Waals surface area contributed by atoms with Crippen molar-refractivity contribution in [1.82, 2.24) is 19.9 Å². The summed E-state index contributed by atoms with van der Waals surface area (Å²) in [5.41, 5.74) is 4.89. The Morgan fingerprint density at radius 3 is 2.02 bits per heavy atom. The lowest BCUT2D eigenvalue weighted by Gasteiger charge is -2.11. The average molecular weight is 656 g/mol. The van der Waals surface area contributed by atoms with E-state index in [1.807, 2.05) is 32.0 Å². The molecule has 0 radical (unpaired) electrons. The number of sulfonamides is 1. The van der Waals surface area contributed by atoms with Gasteiger partial charge < -0.3 is 24.4 Å². The molecule has 4 rings (SSSR count). The van der Waals surface area contributed by atoms with E-state index in [0.29, 0.717) is 28.4 Å². The van der Waals surface area contributed by atoms with Crippen molar-refractivity contribution in [3.05, 3.63) is 41.9 Å². The van der Waals surface area contributed by atoms with Crippen molar-refractivity contribution in [3.8, 4) is 28.7 Å². The number of imidazole rings is 1. The Morgan fingerprint density at radius 2 is 1.57 bits per heavy atom. The van der Waals surface area contributed by atoms with Gasteiger partial charge in [-0.3, -0.25) is 4.72 Å². The minimum Gasteiger partial charge on any atom is -0.480 e. The second-order valence-corrected chi connectivity index (χ2v) is 10.4. The molecule has 44 heavy (non-hydrogen) atoms. The van der Waals surface area contributed by atoms with Gasteiger partial charge >= 0.3 is 24.3 Å². The number of rotatable bonds is 6. The number of hydrogen-bond acceptors (Lipinski definition) is 9. The fraction of sp³-hybridized carbons (Fsp3) is 0.292. The van der Waals surface area contributed by atoms with Crippen LogP contribution < -0.4 is 9.46 Å². The highest BCUT2D eigenvalue weighted by Crippen LogP contribution is 2.32. The molecule has 20 heteroatoms. The zero-order valence-corrected chi connectivity index (χ0v) is 23.8. The van der Waals surface area contributed by atoms with Crippen LogP contribution in [0.15, 0.2) is 34.9 Å². The van der Waals surface area contributed by atoms with Crippen LogP contribution in [0.2, 0.25) is 0 Å². The zero-order chi connectivity index (χ0) is 33.6. The Morgan fingerprint density at radius 1 is 1.00 bits per heavy atom. The summed E-state index contributed by atoms with van der Waals surface area (Å²) in [7, 11) is -2.04. The third-order valence-corrected chi connectivity index (χ3v) is 6.52. The van der Waals surface area contributed by atoms with Crippen LogP contribution in [0.1, 0.15) is 18.3 Å². The number of carbonyl (C=O) groups is 2. The van der Waals surface area contributed by atoms with E-state index < -0.39 is 34.3 Å². The monoisotopic (exact) mass is 655 g/mol. The lowest BCUT2D eigenvalue weighted by atomic mass is 10.1. The van der Waals surface area contributed by atoms with Crippen molar-refractivity contribution in [2.75, 3.05) is 17.6 Å². The Balaban J connectivity index is 0.000000402. The standard InChI is InChI=1S/C20H21N5O4S.2C2HF3O2/c1-5-30(26,27)25-16-8-14(10-21-19(16)28-4)13-6-7-15-17(9-13)29-20(24-15)18-22-11(2)12(3)23-18;2*3-2(4,5)1(6)7/h6-10,25H,5H2,1-4H3,(H,22,23);2*(H,6,7). The van der Waals surface area contributed by atoms with E-state index in [9.17, 15) is 34.8 Å². The summed E-state index contributed by atoms with van der Waals surface area (Å²) in [6, 6.07) is 7.21. The van der Waals surface area contributed by atoms with E-state index >= 15 is 0 Å². The maximum Gasteiger partial charge on any atom is 0.490 e. The van der Waals surface area contributed by atoms with Crippen molar-refractivity contribution in [1.29, 1.82) is 0 Å². The summed E-state index contributed by atoms with van der Waals surface area (Å²) in [5.74, 6) is -4.39. The van der Waals surface area contributed by atoms with E-state index in [-0.39, 0.29) is 17.3 Å². The van der Waals surface area contributed by atoms with Crippen LogP contribution in [-0.4, -0.2) is 75.7 Å². The predicted molar refractivity (Wildman–Crippen MR) is 141 cm³/mol. The molecule has 0 aliphatic rings. The fourth-order valence-electron chi connectivity index (χ4n) is 2.94. The number of nitrogens with zero attached hydrogens (tertiary/aromatic N) is 3. The molecular formula is C24H23F6N5O8S. The number of carboxylic acids is 2. The van der Waals surface area contributed by atoms with E-state index in [0.717, 1.165) is 17.0 Å². The molecule has 3 heterocycles. The Kier molecular flexibility index (Phi) is 10.9. The number of benzene rings is 1. The summed E-state index contributed by atoms with van der Waals surface area (Å²) < 4.78 is 101. The highest BCUT2D eigenvalue weighted by molar-refractivity contribution is 7.92. The van der Waals surface area contributed by atoms with Crippen LogP contribution in [-0.2, 0) is 19.6 Å². The number of carboxylic acid groups (broad SMARTS) is 2. The first-order chi connectivity index (χ1) is 20.2. The number of aromatic nitrogens is 4. The quantitative estimate of drug-likeness (QED) is 0.205. The van der Waals surface area contributed by atoms with Gasteiger partial charge in [-0.1, -0.05) is 6.07 Å². The number of aryl methyl sites for hydroxylation is 2. The largest absolute Gasteiger partial charge is 0.490 e. The van der Waals surface area contributed by atoms with Crippen molar-refractivity contribution in [2.45, 2.75) is 33.1 Å². The number of aliphatic carboxylic acids is 2. The van der Waals surface area contributed by atoms with Crippen LogP contribution in [0, 0.1) is 13.8 Å². The van der Waals surface area contributed by atoms with Crippen molar-refractivity contribution in [3.63, 3.8) is 0 Å². The van der Waals surface area contributed by atoms with Gasteiger partial charge in [-0.15, -0.1) is 0 Å². The lowest BCUT2D eigenvalue weighted by Crippen LogP contribution is -2.21. The molecule has 0 unspecified atom stereocenters. The molecule has 13 nitrogen and oxygen atoms in total. The number of anilines is 1. The maximum atomic E-state index is 12.0. The van der Waals surface area contributed by atoms with E-state index in [2.05, 4.69) is 24.7 Å². The number of hydrogen-bond donors (Lipinski definition) is 4. The molecular weight excluding hydrogens is 632 g/mol. The highest BCUT2D eigenvalue weighted by atomic mass is 32.2. The van der Waals surface area contributed by atoms with Gasteiger partial charge in [0.2, 0.25) is 15.9 Å². The molecule has 0 amide bonds. The molecule has 0 spiro atoms. The molecule has 240 valence electrons. The normalized spacial score (nSPS) is 11.6. The molecule has 0 saturated carbocycles. The number of oxazole rings is 1. The third kappa shape index (κ3) is 9.57. The second-order valence-electron chi connectivity index (χ2n) is 8.39. The predicted octanol–water partition coefficient (Wildman–Crippen LogP) is 4.93. The molecule has 0 bridgehead atoms. The summed E-state index contributed by atoms with van der Waals surface area (Å²) in [6.45, 7) is 5.41. The van der Waals surface area contributed by atoms with Gasteiger partial charge in [0, 0.05) is 17.5 Å². The third-order valence-electron chi connectivity index (χ3n) is 5.23. The summed E-state index contributed by atoms with van der Waals surface area (Å²) in [5, 5.41) is 14.2. The minimum atomic E-state index is -5.08. The number of pyridine rings is 1. The molecule has 0 atom stereocenters. The van der Waals surface area contributed by atoms with Crippen molar-refractivity contribution in [2.24, 2.45) is 0 Å². The van der Waals surface area contributed by atoms with Crippen molar-refractivity contribution < 1.29 is 63.7 Å². The topological polar surface area (TPSA) is 198 Å². The Labute approximate surface area is 244 Å². The number of aromatic amines is 1. The number of nitrogens with one attached hydrogen (secondary N) is 2. The first-order valence-corrected chi connectivity index (χ1v) is 13.4. The number of alkyl halides is 6. The Bertz CT molecular complexity index is 1710. The summed E-state index contributed by atoms with van der Waals surface area (Å²) in [4.78, 5) is 34.1. The summed E-state index contributed by atoms with van der Waals surface area (Å²) in [6.07, 6.45) is -8.56. The lowest BCUT2D eigenvalue weighted by molar-refractivity contribution is -0.193. The van der Waals surface area contributed by atoms with Crippen LogP contribution in [0.4, 0.5) is 32.0 Å². The molecule has 0 aliphatic heterocycles. The molecule has 0 saturated heterocycles. The first kappa shape index (κ1) is 35.3. The average Bonchev–Trinajstić information content (AvgIpc) is 3.50. The van der Waals surface area contributed by atoms with Gasteiger partial charge in [0.05, 0.1) is 18.6 Å². The number of ether oxygens (including phenoxy) is 1. The van der Waals surface area contributed by atoms with Gasteiger partial charge in [0.15, 0.2) is 11.4 Å². The van der Waals surface area contributed by atoms with Crippen molar-refractivity contribution >= 4 is 38.7 Å². The van der Waals surface area contributed by atoms with E-state index in [1.54, 1.807) is 19.2 Å². The Hall–Kier alpha value is -4.88. The highest BCUT2D eigenvalue weighted by Gasteiger charge is 2.38. The van der Waals surface area contributed by atoms with E-state index in [1.165, 1.54) is 7.11 Å². The minimum absolute atomic E-state index is 0.0566. The molecule has 4 aromatic rings. The number of halogens is 6. The van der Waals surface area contributed by atoms with Crippen LogP contribution in [0.5, 0.6) is 5.88 Å². The molecule has 1 aromatic carbocycles. The molecule has 4 N–H and O–H groups in total. The van der Waals surface area contributed by atoms with Gasteiger partial charge in [-0.25, -0.2) is 33.0 Å². The van der Waals surface area contributed by atoms with E-state index in [4.69, 9.17) is 29.0 Å². The molecule has 0 fully saturated rings. The summed E-state index contributed by atoms with van der Waals surface area (Å²) >= 11 is 0. The van der Waals surface area contributed by atoms with Crippen LogP contribution in [0.25, 0.3) is 33.9 Å². The SMILES string of the molecule is CCS(=O)(=O)Nc1cc(-c2ccc3nc(-c4nc(C)c(C)[nH]4)oc3c2)cnc1OC.O=C(O)C(F)(F)F.O=C(O)C(F)(F)F. The smallest absolute Gasteiger partial charge is 0.480 e. The number of methoxy groups -OCH3 is 1. The zero-order valence-electron chi connectivity index (χ0n) is 23.0. The first-order valence-electron chi connectivity index (χ1n) is 11.8. The fourth-order valence-corrected chi connectivity index (χ4v) is 3.57. The number of fused-ring (bicyclic) bond motifs is 1. The molecule has 3 aromatic heterocycles. The van der Waals surface area contributed by atoms with Gasteiger partial charge in [0.1, 0.15) is 11.2 Å².